The summed E-state index contributed by atoms with van der Waals surface area (Å²) in [6.45, 7) is 0. The topological polar surface area (TPSA) is 40.9 Å². The smallest absolute Gasteiger partial charge is 0.162 e. The summed E-state index contributed by atoms with van der Waals surface area (Å²) in [5.74, 6) is -0.120. The molecule has 0 radical (unpaired) electrons. The van der Waals surface area contributed by atoms with Crippen LogP contribution < -0.4 is 0 Å². The number of nitrogens with zero attached hydrogens (tertiary/aromatic N) is 1. The highest BCUT2D eigenvalue weighted by Crippen LogP contribution is 2.21. The SMILES string of the molecule is N#CC(CCC(=O)c1ccccc1)c1ccccc1. The average Bonchev–Trinajstić information content (AvgIpc) is 2.49. The molecular weight excluding hydrogens is 234 g/mol. The van der Waals surface area contributed by atoms with Crippen molar-refractivity contribution in [2.24, 2.45) is 0 Å². The average molecular weight is 249 g/mol. The minimum Gasteiger partial charge on any atom is -0.294 e. The first-order chi connectivity index (χ1) is 9.31. The number of hydrogen-bond donors (Lipinski definition) is 0. The van der Waals surface area contributed by atoms with Crippen LogP contribution in [0, 0.1) is 11.3 Å². The molecular formula is C17H15NO. The van der Waals surface area contributed by atoms with Gasteiger partial charge in [0.1, 0.15) is 0 Å². The Hall–Kier alpha value is -2.40. The second kappa shape index (κ2) is 6.51. The van der Waals surface area contributed by atoms with Gasteiger partial charge in [0, 0.05) is 12.0 Å². The molecule has 0 saturated heterocycles. The maximum atomic E-state index is 12.0. The van der Waals surface area contributed by atoms with Gasteiger partial charge < -0.3 is 0 Å². The molecule has 2 rings (SSSR count). The third-order valence-corrected chi connectivity index (χ3v) is 3.11. The fourth-order valence-corrected chi connectivity index (χ4v) is 2.03. The Balaban J connectivity index is 1.98. The number of carbonyl (C=O) groups excluding carboxylic acids is 1. The standard InChI is InChI=1S/C17H15NO/c18-13-16(14-7-3-1-4-8-14)11-12-17(19)15-9-5-2-6-10-15/h1-10,16H,11-12H2. The van der Waals surface area contributed by atoms with Crippen LogP contribution in [0.5, 0.6) is 0 Å². The van der Waals surface area contributed by atoms with Crippen molar-refractivity contribution in [2.45, 2.75) is 18.8 Å². The summed E-state index contributed by atoms with van der Waals surface area (Å²) >= 11 is 0. The van der Waals surface area contributed by atoms with E-state index in [2.05, 4.69) is 6.07 Å². The number of Topliss-reactive ketones (excluding diaryl/α,β-unsaturated/α-hetero) is 1. The molecule has 0 N–H and O–H groups in total. The molecule has 0 spiro atoms. The van der Waals surface area contributed by atoms with E-state index in [0.717, 1.165) is 5.56 Å². The zero-order valence-corrected chi connectivity index (χ0v) is 10.6. The molecule has 2 nitrogen and oxygen atoms in total. The molecule has 0 aromatic heterocycles. The van der Waals surface area contributed by atoms with Crippen molar-refractivity contribution in [1.82, 2.24) is 0 Å². The molecule has 0 bridgehead atoms. The zero-order chi connectivity index (χ0) is 13.5. The third kappa shape index (κ3) is 3.53. The van der Waals surface area contributed by atoms with E-state index in [9.17, 15) is 10.1 Å². The Morgan fingerprint density at radius 2 is 1.58 bits per heavy atom. The molecule has 0 fully saturated rings. The van der Waals surface area contributed by atoms with Gasteiger partial charge in [0.25, 0.3) is 0 Å². The molecule has 0 heterocycles. The Kier molecular flexibility index (Phi) is 4.47. The van der Waals surface area contributed by atoms with Gasteiger partial charge >= 0.3 is 0 Å². The van der Waals surface area contributed by atoms with Gasteiger partial charge in [0.2, 0.25) is 0 Å². The Bertz CT molecular complexity index is 569. The monoisotopic (exact) mass is 249 g/mol. The second-order valence-electron chi connectivity index (χ2n) is 4.42. The lowest BCUT2D eigenvalue weighted by molar-refractivity contribution is 0.0979. The number of carbonyl (C=O) groups is 1. The predicted molar refractivity (Wildman–Crippen MR) is 74.8 cm³/mol. The van der Waals surface area contributed by atoms with E-state index in [4.69, 9.17) is 0 Å². The Morgan fingerprint density at radius 1 is 1.00 bits per heavy atom. The van der Waals surface area contributed by atoms with Crippen molar-refractivity contribution in [2.75, 3.05) is 0 Å². The van der Waals surface area contributed by atoms with Gasteiger partial charge in [0.15, 0.2) is 5.78 Å². The van der Waals surface area contributed by atoms with Crippen LogP contribution in [0.1, 0.15) is 34.7 Å². The number of benzene rings is 2. The predicted octanol–water partition coefficient (Wildman–Crippen LogP) is 3.96. The lowest BCUT2D eigenvalue weighted by Gasteiger charge is -2.08. The fraction of sp³-hybridized carbons (Fsp3) is 0.176. The minimum absolute atomic E-state index is 0.0942. The zero-order valence-electron chi connectivity index (χ0n) is 10.6. The Labute approximate surface area is 113 Å². The molecule has 2 heteroatoms. The largest absolute Gasteiger partial charge is 0.294 e. The Morgan fingerprint density at radius 3 is 2.16 bits per heavy atom. The van der Waals surface area contributed by atoms with Crippen molar-refractivity contribution in [3.05, 3.63) is 71.8 Å². The van der Waals surface area contributed by atoms with E-state index in [1.165, 1.54) is 0 Å². The van der Waals surface area contributed by atoms with Crippen LogP contribution >= 0.6 is 0 Å². The molecule has 2 aromatic carbocycles. The fourth-order valence-electron chi connectivity index (χ4n) is 2.03. The number of hydrogen-bond acceptors (Lipinski definition) is 2. The molecule has 0 aliphatic heterocycles. The quantitative estimate of drug-likeness (QED) is 0.752. The van der Waals surface area contributed by atoms with E-state index in [1.807, 2.05) is 60.7 Å². The summed E-state index contributed by atoms with van der Waals surface area (Å²) in [7, 11) is 0. The first-order valence-electron chi connectivity index (χ1n) is 6.34. The molecule has 1 unspecified atom stereocenters. The summed E-state index contributed by atoms with van der Waals surface area (Å²) in [6.07, 6.45) is 0.964. The summed E-state index contributed by atoms with van der Waals surface area (Å²) in [4.78, 5) is 12.0. The van der Waals surface area contributed by atoms with E-state index in [1.54, 1.807) is 0 Å². The summed E-state index contributed by atoms with van der Waals surface area (Å²) in [6, 6.07) is 21.1. The molecule has 2 aromatic rings. The normalized spacial score (nSPS) is 11.5. The van der Waals surface area contributed by atoms with Gasteiger partial charge in [-0.25, -0.2) is 0 Å². The number of ketones is 1. The van der Waals surface area contributed by atoms with Crippen molar-refractivity contribution in [3.8, 4) is 6.07 Å². The molecule has 0 amide bonds. The van der Waals surface area contributed by atoms with E-state index >= 15 is 0 Å². The lowest BCUT2D eigenvalue weighted by Crippen LogP contribution is -2.03. The molecule has 0 saturated carbocycles. The van der Waals surface area contributed by atoms with Gasteiger partial charge in [-0.2, -0.15) is 5.26 Å². The van der Waals surface area contributed by atoms with Crippen LogP contribution in [0.4, 0.5) is 0 Å². The van der Waals surface area contributed by atoms with E-state index in [0.29, 0.717) is 18.4 Å². The molecule has 0 aliphatic rings. The van der Waals surface area contributed by atoms with Crippen LogP contribution in [-0.2, 0) is 0 Å². The maximum Gasteiger partial charge on any atom is 0.162 e. The summed E-state index contributed by atoms with van der Waals surface area (Å²) < 4.78 is 0. The molecule has 1 atom stereocenters. The number of nitriles is 1. The highest BCUT2D eigenvalue weighted by Gasteiger charge is 2.13. The number of rotatable bonds is 5. The van der Waals surface area contributed by atoms with Crippen LogP contribution in [0.25, 0.3) is 0 Å². The second-order valence-corrected chi connectivity index (χ2v) is 4.42. The van der Waals surface area contributed by atoms with E-state index in [-0.39, 0.29) is 11.7 Å². The lowest BCUT2D eigenvalue weighted by atomic mass is 9.93. The van der Waals surface area contributed by atoms with Crippen LogP contribution in [0.2, 0.25) is 0 Å². The highest BCUT2D eigenvalue weighted by atomic mass is 16.1. The van der Waals surface area contributed by atoms with Crippen molar-refractivity contribution in [3.63, 3.8) is 0 Å². The van der Waals surface area contributed by atoms with Gasteiger partial charge in [-0.05, 0) is 12.0 Å². The van der Waals surface area contributed by atoms with Crippen LogP contribution in [0.3, 0.4) is 0 Å². The van der Waals surface area contributed by atoms with Crippen molar-refractivity contribution < 1.29 is 4.79 Å². The highest BCUT2D eigenvalue weighted by molar-refractivity contribution is 5.96. The first-order valence-corrected chi connectivity index (χ1v) is 6.34. The van der Waals surface area contributed by atoms with E-state index < -0.39 is 0 Å². The van der Waals surface area contributed by atoms with Crippen LogP contribution in [-0.4, -0.2) is 5.78 Å². The third-order valence-electron chi connectivity index (χ3n) is 3.11. The van der Waals surface area contributed by atoms with Gasteiger partial charge in [0.05, 0.1) is 12.0 Å². The van der Waals surface area contributed by atoms with Gasteiger partial charge in [-0.3, -0.25) is 4.79 Å². The summed E-state index contributed by atoms with van der Waals surface area (Å²) in [5, 5.41) is 9.20. The maximum absolute atomic E-state index is 12.0. The van der Waals surface area contributed by atoms with Gasteiger partial charge in [-0.15, -0.1) is 0 Å². The van der Waals surface area contributed by atoms with Gasteiger partial charge in [-0.1, -0.05) is 60.7 Å². The molecule has 94 valence electrons. The van der Waals surface area contributed by atoms with Crippen molar-refractivity contribution in [1.29, 1.82) is 5.26 Å². The summed E-state index contributed by atoms with van der Waals surface area (Å²) in [5.41, 5.74) is 1.69. The molecule has 19 heavy (non-hydrogen) atoms. The van der Waals surface area contributed by atoms with Crippen molar-refractivity contribution >= 4 is 5.78 Å². The molecule has 0 aliphatic carbocycles. The minimum atomic E-state index is -0.214. The van der Waals surface area contributed by atoms with Crippen LogP contribution in [0.15, 0.2) is 60.7 Å². The first kappa shape index (κ1) is 13.0.